The van der Waals surface area contributed by atoms with Gasteiger partial charge in [-0.05, 0) is 30.2 Å². The quantitative estimate of drug-likeness (QED) is 0.833. The molecule has 2 rings (SSSR count). The second-order valence-corrected chi connectivity index (χ2v) is 6.29. The Balaban J connectivity index is 1.89. The predicted molar refractivity (Wildman–Crippen MR) is 87.4 cm³/mol. The van der Waals surface area contributed by atoms with Gasteiger partial charge in [0.1, 0.15) is 5.75 Å². The number of hydrogen-bond acceptors (Lipinski definition) is 3. The highest BCUT2D eigenvalue weighted by molar-refractivity contribution is 7.84. The fraction of sp³-hybridized carbons (Fsp3) is 0.188. The summed E-state index contributed by atoms with van der Waals surface area (Å²) in [5.74, 6) is 0.0833. The van der Waals surface area contributed by atoms with Gasteiger partial charge in [-0.25, -0.2) is 0 Å². The first-order valence-electron chi connectivity index (χ1n) is 6.59. The molecule has 1 atom stereocenters. The standard InChI is InChI=1S/C16H18N2O2S/c1-12-7-8-14(9-15(12)17)18-16(19)11-21(20)10-13-5-3-2-4-6-13/h2-9H,10-11,17H2,1H3,(H,18,19). The molecule has 0 saturated carbocycles. The number of aryl methyl sites for hydroxylation is 1. The molecule has 1 amide bonds. The lowest BCUT2D eigenvalue weighted by atomic mass is 10.2. The van der Waals surface area contributed by atoms with Gasteiger partial charge in [-0.3, -0.25) is 9.00 Å². The Kier molecular flexibility index (Phi) is 5.11. The van der Waals surface area contributed by atoms with Crippen LogP contribution in [0.15, 0.2) is 48.5 Å². The Bertz CT molecular complexity index is 657. The SMILES string of the molecule is Cc1ccc(NC(=O)CS(=O)Cc2ccccc2)cc1N. The average molecular weight is 302 g/mol. The summed E-state index contributed by atoms with van der Waals surface area (Å²) in [6.45, 7) is 1.90. The normalized spacial score (nSPS) is 11.9. The maximum absolute atomic E-state index is 12.0. The lowest BCUT2D eigenvalue weighted by molar-refractivity contribution is -0.113. The van der Waals surface area contributed by atoms with Crippen molar-refractivity contribution in [1.29, 1.82) is 0 Å². The highest BCUT2D eigenvalue weighted by Gasteiger charge is 2.09. The minimum absolute atomic E-state index is 0.0251. The van der Waals surface area contributed by atoms with Gasteiger partial charge < -0.3 is 11.1 Å². The largest absolute Gasteiger partial charge is 0.398 e. The molecule has 5 heteroatoms. The number of anilines is 2. The molecule has 0 bridgehead atoms. The van der Waals surface area contributed by atoms with E-state index in [4.69, 9.17) is 5.73 Å². The van der Waals surface area contributed by atoms with Crippen molar-refractivity contribution < 1.29 is 9.00 Å². The fourth-order valence-corrected chi connectivity index (χ4v) is 2.90. The van der Waals surface area contributed by atoms with Crippen LogP contribution < -0.4 is 11.1 Å². The molecule has 4 nitrogen and oxygen atoms in total. The van der Waals surface area contributed by atoms with Crippen LogP contribution >= 0.6 is 0 Å². The minimum atomic E-state index is -1.23. The van der Waals surface area contributed by atoms with E-state index in [1.165, 1.54) is 0 Å². The highest BCUT2D eigenvalue weighted by atomic mass is 32.2. The molecular weight excluding hydrogens is 284 g/mol. The number of nitrogens with one attached hydrogen (secondary N) is 1. The molecule has 1 unspecified atom stereocenters. The van der Waals surface area contributed by atoms with Gasteiger partial charge in [0.05, 0.1) is 0 Å². The smallest absolute Gasteiger partial charge is 0.237 e. The topological polar surface area (TPSA) is 72.2 Å². The van der Waals surface area contributed by atoms with E-state index in [9.17, 15) is 9.00 Å². The van der Waals surface area contributed by atoms with Crippen LogP contribution in [0.25, 0.3) is 0 Å². The zero-order valence-corrected chi connectivity index (χ0v) is 12.7. The van der Waals surface area contributed by atoms with Crippen LogP contribution in [0, 0.1) is 6.92 Å². The van der Waals surface area contributed by atoms with E-state index >= 15 is 0 Å². The second kappa shape index (κ2) is 7.04. The van der Waals surface area contributed by atoms with Gasteiger partial charge in [-0.15, -0.1) is 0 Å². The number of benzene rings is 2. The van der Waals surface area contributed by atoms with Gasteiger partial charge in [0.15, 0.2) is 0 Å². The molecule has 0 fully saturated rings. The number of nitrogens with two attached hydrogens (primary N) is 1. The first-order valence-corrected chi connectivity index (χ1v) is 8.08. The average Bonchev–Trinajstić information content (AvgIpc) is 2.43. The van der Waals surface area contributed by atoms with E-state index in [2.05, 4.69) is 5.32 Å². The van der Waals surface area contributed by atoms with Crippen LogP contribution in [-0.2, 0) is 21.3 Å². The van der Waals surface area contributed by atoms with E-state index in [0.29, 0.717) is 17.1 Å². The van der Waals surface area contributed by atoms with E-state index in [1.807, 2.05) is 43.3 Å². The van der Waals surface area contributed by atoms with Crippen molar-refractivity contribution in [2.75, 3.05) is 16.8 Å². The van der Waals surface area contributed by atoms with E-state index in [-0.39, 0.29) is 11.7 Å². The molecule has 0 radical (unpaired) electrons. The molecule has 0 aliphatic heterocycles. The summed E-state index contributed by atoms with van der Waals surface area (Å²) in [4.78, 5) is 11.9. The third-order valence-corrected chi connectivity index (χ3v) is 4.27. The van der Waals surface area contributed by atoms with Crippen molar-refractivity contribution in [3.63, 3.8) is 0 Å². The first kappa shape index (κ1) is 15.3. The molecular formula is C16H18N2O2S. The molecule has 0 heterocycles. The molecule has 2 aromatic carbocycles. The number of rotatable bonds is 5. The Labute approximate surface area is 126 Å². The summed E-state index contributed by atoms with van der Waals surface area (Å²) in [5, 5.41) is 2.71. The van der Waals surface area contributed by atoms with Crippen LogP contribution in [0.5, 0.6) is 0 Å². The molecule has 0 spiro atoms. The Morgan fingerprint density at radius 2 is 1.90 bits per heavy atom. The van der Waals surface area contributed by atoms with Gasteiger partial charge in [-0.1, -0.05) is 36.4 Å². The summed E-state index contributed by atoms with van der Waals surface area (Å²) >= 11 is 0. The molecule has 2 aromatic rings. The number of hydrogen-bond donors (Lipinski definition) is 2. The lowest BCUT2D eigenvalue weighted by Crippen LogP contribution is -2.20. The van der Waals surface area contributed by atoms with Crippen LogP contribution in [0.2, 0.25) is 0 Å². The van der Waals surface area contributed by atoms with Gasteiger partial charge >= 0.3 is 0 Å². The maximum Gasteiger partial charge on any atom is 0.237 e. The molecule has 0 aliphatic carbocycles. The van der Waals surface area contributed by atoms with Crippen molar-refractivity contribution >= 4 is 28.1 Å². The molecule has 0 saturated heterocycles. The van der Waals surface area contributed by atoms with Gasteiger partial charge in [-0.2, -0.15) is 0 Å². The lowest BCUT2D eigenvalue weighted by Gasteiger charge is -2.07. The molecule has 3 N–H and O–H groups in total. The Morgan fingerprint density at radius 3 is 2.57 bits per heavy atom. The monoisotopic (exact) mass is 302 g/mol. The van der Waals surface area contributed by atoms with Crippen molar-refractivity contribution in [3.8, 4) is 0 Å². The van der Waals surface area contributed by atoms with Crippen molar-refractivity contribution in [1.82, 2.24) is 0 Å². The van der Waals surface area contributed by atoms with E-state index < -0.39 is 10.8 Å². The zero-order chi connectivity index (χ0) is 15.2. The summed E-state index contributed by atoms with van der Waals surface area (Å²) < 4.78 is 12.0. The number of nitrogen functional groups attached to an aromatic ring is 1. The predicted octanol–water partition coefficient (Wildman–Crippen LogP) is 2.46. The fourth-order valence-electron chi connectivity index (χ4n) is 1.87. The minimum Gasteiger partial charge on any atom is -0.398 e. The van der Waals surface area contributed by atoms with Crippen LogP contribution in [0.1, 0.15) is 11.1 Å². The summed E-state index contributed by atoms with van der Waals surface area (Å²) in [7, 11) is -1.23. The van der Waals surface area contributed by atoms with Crippen molar-refractivity contribution in [3.05, 3.63) is 59.7 Å². The summed E-state index contributed by atoms with van der Waals surface area (Å²) in [5.41, 5.74) is 8.96. The number of carbonyl (C=O) groups is 1. The van der Waals surface area contributed by atoms with Crippen LogP contribution in [0.3, 0.4) is 0 Å². The molecule has 21 heavy (non-hydrogen) atoms. The van der Waals surface area contributed by atoms with Crippen LogP contribution in [0.4, 0.5) is 11.4 Å². The Morgan fingerprint density at radius 1 is 1.19 bits per heavy atom. The number of carbonyl (C=O) groups excluding carboxylic acids is 1. The van der Waals surface area contributed by atoms with E-state index in [0.717, 1.165) is 11.1 Å². The maximum atomic E-state index is 12.0. The zero-order valence-electron chi connectivity index (χ0n) is 11.8. The number of amides is 1. The molecule has 110 valence electrons. The third kappa shape index (κ3) is 4.72. The first-order chi connectivity index (χ1) is 10.0. The van der Waals surface area contributed by atoms with Gasteiger partial charge in [0, 0.05) is 27.9 Å². The Hall–Kier alpha value is -2.14. The summed E-state index contributed by atoms with van der Waals surface area (Å²) in [6.07, 6.45) is 0. The van der Waals surface area contributed by atoms with Crippen molar-refractivity contribution in [2.24, 2.45) is 0 Å². The van der Waals surface area contributed by atoms with Crippen LogP contribution in [-0.4, -0.2) is 15.9 Å². The van der Waals surface area contributed by atoms with E-state index in [1.54, 1.807) is 12.1 Å². The third-order valence-electron chi connectivity index (χ3n) is 3.03. The van der Waals surface area contributed by atoms with Crippen molar-refractivity contribution in [2.45, 2.75) is 12.7 Å². The molecule has 0 aliphatic rings. The second-order valence-electron chi connectivity index (χ2n) is 4.83. The molecule has 0 aromatic heterocycles. The highest BCUT2D eigenvalue weighted by Crippen LogP contribution is 2.16. The van der Waals surface area contributed by atoms with Gasteiger partial charge in [0.25, 0.3) is 0 Å². The summed E-state index contributed by atoms with van der Waals surface area (Å²) in [6, 6.07) is 14.8. The van der Waals surface area contributed by atoms with Gasteiger partial charge in [0.2, 0.25) is 5.91 Å².